The molecule has 112 valence electrons. The molecule has 0 spiro atoms. The van der Waals surface area contributed by atoms with Gasteiger partial charge in [0.25, 0.3) is 0 Å². The fourth-order valence-electron chi connectivity index (χ4n) is 2.17. The molecule has 0 bridgehead atoms. The molecule has 0 saturated carbocycles. The Balaban J connectivity index is 2.22. The predicted molar refractivity (Wildman–Crippen MR) is 69.2 cm³/mol. The smallest absolute Gasteiger partial charge is 0.371 e. The van der Waals surface area contributed by atoms with Gasteiger partial charge in [0, 0.05) is 26.3 Å². The summed E-state index contributed by atoms with van der Waals surface area (Å²) in [6.45, 7) is 2.32. The number of nitrogens with zero attached hydrogens (tertiary/aromatic N) is 1. The molecule has 1 aliphatic rings. The number of likely N-dealkylation sites (N-methyl/N-ethyl adjacent to an activating group) is 1. The maximum Gasteiger partial charge on any atom is 0.371 e. The summed E-state index contributed by atoms with van der Waals surface area (Å²) in [5, 5.41) is 8.83. The van der Waals surface area contributed by atoms with Gasteiger partial charge in [-0.15, -0.1) is 0 Å². The lowest BCUT2D eigenvalue weighted by atomic mass is 10.2. The van der Waals surface area contributed by atoms with E-state index in [0.717, 1.165) is 18.9 Å². The number of ether oxygens (including phenoxy) is 1. The van der Waals surface area contributed by atoms with Gasteiger partial charge in [0.15, 0.2) is 0 Å². The van der Waals surface area contributed by atoms with Crippen molar-refractivity contribution >= 4 is 16.0 Å². The summed E-state index contributed by atoms with van der Waals surface area (Å²) in [5.41, 5.74) is 0. The fraction of sp³-hybridized carbons (Fsp3) is 0.583. The first-order valence-electron chi connectivity index (χ1n) is 6.24. The fourth-order valence-corrected chi connectivity index (χ4v) is 3.53. The number of hydrogen-bond donors (Lipinski definition) is 1. The van der Waals surface area contributed by atoms with E-state index >= 15 is 0 Å². The Kier molecular flexibility index (Phi) is 4.17. The summed E-state index contributed by atoms with van der Waals surface area (Å²) in [4.78, 5) is 10.7. The van der Waals surface area contributed by atoms with Crippen LogP contribution in [0, 0.1) is 6.92 Å². The van der Waals surface area contributed by atoms with Crippen molar-refractivity contribution in [1.82, 2.24) is 4.31 Å². The number of aryl methyl sites for hydroxylation is 1. The van der Waals surface area contributed by atoms with E-state index in [4.69, 9.17) is 14.3 Å². The van der Waals surface area contributed by atoms with Crippen molar-refractivity contribution < 1.29 is 27.5 Å². The lowest BCUT2D eigenvalue weighted by Gasteiger charge is -2.19. The summed E-state index contributed by atoms with van der Waals surface area (Å²) in [6.07, 6.45) is 1.64. The molecule has 20 heavy (non-hydrogen) atoms. The van der Waals surface area contributed by atoms with E-state index in [-0.39, 0.29) is 29.1 Å². The van der Waals surface area contributed by atoms with Gasteiger partial charge < -0.3 is 14.3 Å². The van der Waals surface area contributed by atoms with Crippen molar-refractivity contribution in [3.63, 3.8) is 0 Å². The van der Waals surface area contributed by atoms with Gasteiger partial charge in [-0.05, 0) is 19.8 Å². The molecular formula is C12H17NO6S. The summed E-state index contributed by atoms with van der Waals surface area (Å²) in [6, 6.07) is 1.04. The number of carboxylic acids is 1. The van der Waals surface area contributed by atoms with E-state index in [1.807, 2.05) is 0 Å². The summed E-state index contributed by atoms with van der Waals surface area (Å²) >= 11 is 0. The second-order valence-corrected chi connectivity index (χ2v) is 6.77. The Hall–Kier alpha value is -1.38. The molecule has 1 aliphatic heterocycles. The Morgan fingerprint density at radius 1 is 1.55 bits per heavy atom. The highest BCUT2D eigenvalue weighted by Crippen LogP contribution is 2.24. The summed E-state index contributed by atoms with van der Waals surface area (Å²) < 4.78 is 36.3. The Morgan fingerprint density at radius 2 is 2.25 bits per heavy atom. The third kappa shape index (κ3) is 2.87. The van der Waals surface area contributed by atoms with Gasteiger partial charge in [0.1, 0.15) is 10.7 Å². The van der Waals surface area contributed by atoms with Crippen molar-refractivity contribution in [2.75, 3.05) is 20.2 Å². The molecule has 1 fully saturated rings. The average molecular weight is 303 g/mol. The first-order valence-corrected chi connectivity index (χ1v) is 7.68. The number of carbonyl (C=O) groups is 1. The molecule has 0 amide bonds. The molecule has 2 heterocycles. The van der Waals surface area contributed by atoms with Gasteiger partial charge in [-0.3, -0.25) is 0 Å². The maximum atomic E-state index is 12.4. The van der Waals surface area contributed by atoms with Crippen LogP contribution >= 0.6 is 0 Å². The van der Waals surface area contributed by atoms with Crippen LogP contribution in [-0.4, -0.2) is 50.1 Å². The van der Waals surface area contributed by atoms with Crippen LogP contribution in [-0.2, 0) is 14.8 Å². The van der Waals surface area contributed by atoms with E-state index in [9.17, 15) is 13.2 Å². The minimum Gasteiger partial charge on any atom is -0.475 e. The van der Waals surface area contributed by atoms with E-state index in [0.29, 0.717) is 6.61 Å². The molecule has 0 aliphatic carbocycles. The number of sulfonamides is 1. The lowest BCUT2D eigenvalue weighted by molar-refractivity contribution is 0.0661. The molecule has 1 unspecified atom stereocenters. The topological polar surface area (TPSA) is 97.0 Å². The standard InChI is InChI=1S/C12H17NO6S/c1-8-11(6-10(19-8)12(14)15)20(16,17)13(2)7-9-4-3-5-18-9/h6,9H,3-5,7H2,1-2H3,(H,14,15). The molecule has 0 radical (unpaired) electrons. The van der Waals surface area contributed by atoms with Gasteiger partial charge in [0.2, 0.25) is 15.8 Å². The van der Waals surface area contributed by atoms with E-state index < -0.39 is 16.0 Å². The van der Waals surface area contributed by atoms with Gasteiger partial charge in [-0.1, -0.05) is 0 Å². The van der Waals surface area contributed by atoms with Crippen molar-refractivity contribution in [1.29, 1.82) is 0 Å². The van der Waals surface area contributed by atoms with E-state index in [1.165, 1.54) is 18.3 Å². The number of hydrogen-bond acceptors (Lipinski definition) is 5. The van der Waals surface area contributed by atoms with Crippen LogP contribution in [0.4, 0.5) is 0 Å². The minimum atomic E-state index is -3.77. The van der Waals surface area contributed by atoms with Crippen LogP contribution in [0.5, 0.6) is 0 Å². The molecule has 1 N–H and O–H groups in total. The quantitative estimate of drug-likeness (QED) is 0.874. The van der Waals surface area contributed by atoms with Crippen LogP contribution in [0.1, 0.15) is 29.2 Å². The predicted octanol–water partition coefficient (Wildman–Crippen LogP) is 1.09. The number of rotatable bonds is 5. The van der Waals surface area contributed by atoms with Crippen LogP contribution in [0.15, 0.2) is 15.4 Å². The zero-order valence-electron chi connectivity index (χ0n) is 11.3. The van der Waals surface area contributed by atoms with Gasteiger partial charge in [-0.25, -0.2) is 13.2 Å². The Labute approximate surface area is 117 Å². The SMILES string of the molecule is Cc1oc(C(=O)O)cc1S(=O)(=O)N(C)CC1CCCO1. The number of carboxylic acid groups (broad SMARTS) is 1. The molecular weight excluding hydrogens is 286 g/mol. The van der Waals surface area contributed by atoms with Crippen molar-refractivity contribution in [3.8, 4) is 0 Å². The molecule has 1 atom stereocenters. The third-order valence-corrected chi connectivity index (χ3v) is 5.19. The molecule has 1 aromatic heterocycles. The van der Waals surface area contributed by atoms with Crippen molar-refractivity contribution in [2.24, 2.45) is 0 Å². The lowest BCUT2D eigenvalue weighted by Crippen LogP contribution is -2.34. The molecule has 1 aromatic rings. The van der Waals surface area contributed by atoms with E-state index in [2.05, 4.69) is 0 Å². The van der Waals surface area contributed by atoms with Crippen LogP contribution in [0.25, 0.3) is 0 Å². The molecule has 1 saturated heterocycles. The average Bonchev–Trinajstić information content (AvgIpc) is 2.98. The second-order valence-electron chi connectivity index (χ2n) is 4.76. The highest BCUT2D eigenvalue weighted by molar-refractivity contribution is 7.89. The zero-order chi connectivity index (χ0) is 14.9. The van der Waals surface area contributed by atoms with Gasteiger partial charge in [0.05, 0.1) is 6.10 Å². The highest BCUT2D eigenvalue weighted by atomic mass is 32.2. The number of furan rings is 1. The first-order chi connectivity index (χ1) is 9.32. The Bertz CT molecular complexity index is 599. The minimum absolute atomic E-state index is 0.0709. The normalized spacial score (nSPS) is 19.6. The first kappa shape index (κ1) is 15.0. The Morgan fingerprint density at radius 3 is 2.75 bits per heavy atom. The monoisotopic (exact) mass is 303 g/mol. The van der Waals surface area contributed by atoms with Crippen molar-refractivity contribution in [3.05, 3.63) is 17.6 Å². The van der Waals surface area contributed by atoms with Gasteiger partial charge >= 0.3 is 5.97 Å². The van der Waals surface area contributed by atoms with Crippen LogP contribution in [0.3, 0.4) is 0 Å². The molecule has 0 aromatic carbocycles. The maximum absolute atomic E-state index is 12.4. The summed E-state index contributed by atoms with van der Waals surface area (Å²) in [5.74, 6) is -1.61. The third-order valence-electron chi connectivity index (χ3n) is 3.26. The largest absolute Gasteiger partial charge is 0.475 e. The summed E-state index contributed by atoms with van der Waals surface area (Å²) in [7, 11) is -2.33. The molecule has 2 rings (SSSR count). The van der Waals surface area contributed by atoms with Crippen molar-refractivity contribution in [2.45, 2.75) is 30.8 Å². The van der Waals surface area contributed by atoms with Gasteiger partial charge in [-0.2, -0.15) is 4.31 Å². The highest BCUT2D eigenvalue weighted by Gasteiger charge is 2.30. The molecule has 8 heteroatoms. The van der Waals surface area contributed by atoms with E-state index in [1.54, 1.807) is 0 Å². The van der Waals surface area contributed by atoms with Crippen LogP contribution < -0.4 is 0 Å². The van der Waals surface area contributed by atoms with Crippen LogP contribution in [0.2, 0.25) is 0 Å². The second kappa shape index (κ2) is 5.55. The molecule has 7 nitrogen and oxygen atoms in total. The zero-order valence-corrected chi connectivity index (χ0v) is 12.1. The number of aromatic carboxylic acids is 1.